The Morgan fingerprint density at radius 2 is 2.00 bits per heavy atom. The van der Waals surface area contributed by atoms with E-state index in [-0.39, 0.29) is 0 Å². The first-order valence-corrected chi connectivity index (χ1v) is 8.52. The predicted molar refractivity (Wildman–Crippen MR) is 89.9 cm³/mol. The molecule has 0 aromatic carbocycles. The van der Waals surface area contributed by atoms with E-state index in [2.05, 4.69) is 62.3 Å². The maximum absolute atomic E-state index is 6.16. The Hall–Kier alpha value is 0.570. The number of halogens is 4. The van der Waals surface area contributed by atoms with Crippen molar-refractivity contribution in [3.05, 3.63) is 29.3 Å². The Morgan fingerprint density at radius 1 is 1.33 bits per heavy atom. The van der Waals surface area contributed by atoms with Crippen LogP contribution in [0.5, 0.6) is 0 Å². The highest BCUT2D eigenvalue weighted by molar-refractivity contribution is 14.1. The molecule has 7 heteroatoms. The molecule has 96 valence electrons. The van der Waals surface area contributed by atoms with Crippen molar-refractivity contribution in [2.75, 3.05) is 0 Å². The van der Waals surface area contributed by atoms with Crippen molar-refractivity contribution in [2.24, 2.45) is 0 Å². The molecule has 0 saturated heterocycles. The van der Waals surface area contributed by atoms with E-state index in [0.29, 0.717) is 21.2 Å². The fraction of sp³-hybridized carbons (Fsp3) is 0.273. The molecule has 0 atom stereocenters. The minimum absolute atomic E-state index is 0.301. The van der Waals surface area contributed by atoms with E-state index in [4.69, 9.17) is 23.2 Å². The minimum Gasteiger partial charge on any atom is -0.231 e. The Bertz CT molecular complexity index is 581. The van der Waals surface area contributed by atoms with Crippen LogP contribution in [0.2, 0.25) is 9.49 Å². The number of hydrogen-bond acceptors (Lipinski definition) is 3. The Morgan fingerprint density at radius 3 is 2.50 bits per heavy atom. The maximum Gasteiger partial charge on any atom is 0.171 e. The molecule has 0 aliphatic heterocycles. The number of hydrogen-bond donors (Lipinski definition) is 0. The van der Waals surface area contributed by atoms with Gasteiger partial charge in [-0.1, -0.05) is 37.0 Å². The van der Waals surface area contributed by atoms with Crippen molar-refractivity contribution >= 4 is 73.1 Å². The molecule has 2 nitrogen and oxygen atoms in total. The third kappa shape index (κ3) is 3.00. The molecule has 2 heterocycles. The molecule has 0 radical (unpaired) electrons. The third-order valence-corrected chi connectivity index (χ3v) is 6.38. The maximum atomic E-state index is 6.16. The Labute approximate surface area is 141 Å². The summed E-state index contributed by atoms with van der Waals surface area (Å²) in [5, 5.41) is 0.491. The van der Waals surface area contributed by atoms with Gasteiger partial charge in [-0.2, -0.15) is 0 Å². The Kier molecular flexibility index (Phi) is 4.91. The number of aromatic nitrogens is 2. The zero-order valence-electron chi connectivity index (χ0n) is 9.47. The first kappa shape index (κ1) is 15.0. The second-order valence-electron chi connectivity index (χ2n) is 3.92. The fourth-order valence-electron chi connectivity index (χ4n) is 1.39. The van der Waals surface area contributed by atoms with Gasteiger partial charge in [0, 0.05) is 4.47 Å². The van der Waals surface area contributed by atoms with Gasteiger partial charge in [-0.15, -0.1) is 11.3 Å². The van der Waals surface area contributed by atoms with E-state index in [1.54, 1.807) is 0 Å². The smallest absolute Gasteiger partial charge is 0.171 e. The van der Waals surface area contributed by atoms with Crippen LogP contribution in [0, 0.1) is 3.57 Å². The van der Waals surface area contributed by atoms with E-state index >= 15 is 0 Å². The SMILES string of the molecule is CC(C)c1nc(-c2cc(Br)c(Cl)s2)nc(Cl)c1I. The summed E-state index contributed by atoms with van der Waals surface area (Å²) in [6.07, 6.45) is 0. The zero-order valence-corrected chi connectivity index (χ0v) is 15.5. The van der Waals surface area contributed by atoms with Crippen molar-refractivity contribution in [3.8, 4) is 10.7 Å². The van der Waals surface area contributed by atoms with Gasteiger partial charge in [0.2, 0.25) is 0 Å². The van der Waals surface area contributed by atoms with Gasteiger partial charge >= 0.3 is 0 Å². The largest absolute Gasteiger partial charge is 0.231 e. The molecule has 0 N–H and O–H groups in total. The van der Waals surface area contributed by atoms with Gasteiger partial charge in [-0.05, 0) is 50.5 Å². The van der Waals surface area contributed by atoms with Crippen LogP contribution in [0.3, 0.4) is 0 Å². The topological polar surface area (TPSA) is 25.8 Å². The molecule has 0 spiro atoms. The van der Waals surface area contributed by atoms with Gasteiger partial charge in [0.25, 0.3) is 0 Å². The van der Waals surface area contributed by atoms with Crippen LogP contribution in [0.1, 0.15) is 25.5 Å². The average Bonchev–Trinajstić information content (AvgIpc) is 2.62. The summed E-state index contributed by atoms with van der Waals surface area (Å²) in [7, 11) is 0. The summed E-state index contributed by atoms with van der Waals surface area (Å²) < 4.78 is 2.46. The van der Waals surface area contributed by atoms with Crippen molar-refractivity contribution < 1.29 is 0 Å². The molecule has 0 unspecified atom stereocenters. The summed E-state index contributed by atoms with van der Waals surface area (Å²) in [6.45, 7) is 4.17. The number of thiophene rings is 1. The lowest BCUT2D eigenvalue weighted by molar-refractivity contribution is 0.809. The van der Waals surface area contributed by atoms with Crippen molar-refractivity contribution in [2.45, 2.75) is 19.8 Å². The van der Waals surface area contributed by atoms with Crippen LogP contribution >= 0.6 is 73.1 Å². The molecule has 0 aliphatic rings. The first-order valence-electron chi connectivity index (χ1n) is 5.08. The zero-order chi connectivity index (χ0) is 13.4. The first-order chi connectivity index (χ1) is 8.40. The quantitative estimate of drug-likeness (QED) is 0.391. The highest BCUT2D eigenvalue weighted by Gasteiger charge is 2.16. The van der Waals surface area contributed by atoms with Gasteiger partial charge in [-0.25, -0.2) is 9.97 Å². The molecule has 0 amide bonds. The summed E-state index contributed by atoms with van der Waals surface area (Å²) in [4.78, 5) is 9.81. The molecule has 2 aromatic rings. The summed E-state index contributed by atoms with van der Waals surface area (Å²) in [6, 6.07) is 1.91. The van der Waals surface area contributed by atoms with Crippen LogP contribution < -0.4 is 0 Å². The van der Waals surface area contributed by atoms with Crippen molar-refractivity contribution in [3.63, 3.8) is 0 Å². The van der Waals surface area contributed by atoms with E-state index in [0.717, 1.165) is 18.6 Å². The second-order valence-corrected chi connectivity index (χ2v) is 7.87. The van der Waals surface area contributed by atoms with Gasteiger partial charge < -0.3 is 0 Å². The normalized spacial score (nSPS) is 11.3. The number of rotatable bonds is 2. The highest BCUT2D eigenvalue weighted by atomic mass is 127. The van der Waals surface area contributed by atoms with Crippen LogP contribution in [-0.2, 0) is 0 Å². The van der Waals surface area contributed by atoms with Crippen LogP contribution in [0.4, 0.5) is 0 Å². The lowest BCUT2D eigenvalue weighted by Crippen LogP contribution is -2.01. The van der Waals surface area contributed by atoms with E-state index in [1.807, 2.05) is 6.07 Å². The van der Waals surface area contributed by atoms with E-state index in [1.165, 1.54) is 11.3 Å². The molecular weight excluding hydrogens is 470 g/mol. The van der Waals surface area contributed by atoms with Gasteiger partial charge in [0.15, 0.2) is 5.82 Å². The van der Waals surface area contributed by atoms with Crippen LogP contribution in [0.15, 0.2) is 10.5 Å². The molecule has 0 aliphatic carbocycles. The predicted octanol–water partition coefficient (Wildman–Crippen LogP) is 6.00. The van der Waals surface area contributed by atoms with Gasteiger partial charge in [0.1, 0.15) is 9.49 Å². The standard InChI is InChI=1S/C11H8BrCl2IN2S/c1-4(2)8-7(15)9(13)17-11(16-8)6-3-5(12)10(14)18-6/h3-4H,1-2H3. The lowest BCUT2D eigenvalue weighted by Gasteiger charge is -2.09. The number of nitrogens with zero attached hydrogens (tertiary/aromatic N) is 2. The molecular formula is C11H8BrCl2IN2S. The third-order valence-electron chi connectivity index (χ3n) is 2.25. The van der Waals surface area contributed by atoms with E-state index < -0.39 is 0 Å². The summed E-state index contributed by atoms with van der Waals surface area (Å²) >= 11 is 19.2. The molecule has 0 saturated carbocycles. The van der Waals surface area contributed by atoms with Gasteiger partial charge in [0.05, 0.1) is 14.1 Å². The molecule has 0 bridgehead atoms. The van der Waals surface area contributed by atoms with Crippen molar-refractivity contribution in [1.29, 1.82) is 0 Å². The molecule has 0 fully saturated rings. The second kappa shape index (κ2) is 5.91. The van der Waals surface area contributed by atoms with Gasteiger partial charge in [-0.3, -0.25) is 0 Å². The van der Waals surface area contributed by atoms with Crippen LogP contribution in [0.25, 0.3) is 10.7 Å². The minimum atomic E-state index is 0.301. The summed E-state index contributed by atoms with van der Waals surface area (Å²) in [5.74, 6) is 0.928. The van der Waals surface area contributed by atoms with E-state index in [9.17, 15) is 0 Å². The fourth-order valence-corrected chi connectivity index (χ4v) is 4.06. The lowest BCUT2D eigenvalue weighted by atomic mass is 10.1. The monoisotopic (exact) mass is 476 g/mol. The highest BCUT2D eigenvalue weighted by Crippen LogP contribution is 2.38. The average molecular weight is 478 g/mol. The Balaban J connectivity index is 2.58. The summed E-state index contributed by atoms with van der Waals surface area (Å²) in [5.41, 5.74) is 0.964. The molecule has 2 aromatic heterocycles. The van der Waals surface area contributed by atoms with Crippen LogP contribution in [-0.4, -0.2) is 9.97 Å². The molecule has 18 heavy (non-hydrogen) atoms. The van der Waals surface area contributed by atoms with Crippen molar-refractivity contribution in [1.82, 2.24) is 9.97 Å². The molecule has 2 rings (SSSR count).